The van der Waals surface area contributed by atoms with Gasteiger partial charge in [-0.05, 0) is 30.3 Å². The molecule has 26 heavy (non-hydrogen) atoms. The molecule has 1 aliphatic heterocycles. The van der Waals surface area contributed by atoms with Gasteiger partial charge in [0, 0.05) is 18.0 Å². The highest BCUT2D eigenvalue weighted by atomic mass is 35.5. The van der Waals surface area contributed by atoms with Crippen LogP contribution in [0.25, 0.3) is 0 Å². The van der Waals surface area contributed by atoms with Crippen LogP contribution in [0.3, 0.4) is 0 Å². The zero-order chi connectivity index (χ0) is 18.8. The molecule has 7 nitrogen and oxygen atoms in total. The molecule has 0 bridgehead atoms. The summed E-state index contributed by atoms with van der Waals surface area (Å²) in [4.78, 5) is 48.8. The summed E-state index contributed by atoms with van der Waals surface area (Å²) >= 11 is 5.83. The van der Waals surface area contributed by atoms with E-state index in [4.69, 9.17) is 16.7 Å². The van der Waals surface area contributed by atoms with Crippen LogP contribution < -0.4 is 5.32 Å². The molecule has 0 atom stereocenters. The van der Waals surface area contributed by atoms with Crippen LogP contribution in [0.4, 0.5) is 5.69 Å². The van der Waals surface area contributed by atoms with Gasteiger partial charge in [-0.2, -0.15) is 0 Å². The van der Waals surface area contributed by atoms with Gasteiger partial charge in [-0.3, -0.25) is 19.3 Å². The van der Waals surface area contributed by atoms with Crippen LogP contribution in [0.15, 0.2) is 42.5 Å². The van der Waals surface area contributed by atoms with Crippen molar-refractivity contribution in [2.45, 2.75) is 6.42 Å². The molecule has 0 aromatic heterocycles. The molecule has 8 heteroatoms. The Morgan fingerprint density at radius 2 is 1.65 bits per heavy atom. The monoisotopic (exact) mass is 372 g/mol. The molecule has 0 saturated carbocycles. The number of benzene rings is 2. The van der Waals surface area contributed by atoms with Crippen molar-refractivity contribution in [3.8, 4) is 0 Å². The largest absolute Gasteiger partial charge is 0.478 e. The van der Waals surface area contributed by atoms with E-state index in [-0.39, 0.29) is 29.2 Å². The number of halogens is 1. The third-order valence-corrected chi connectivity index (χ3v) is 4.16. The van der Waals surface area contributed by atoms with E-state index in [1.165, 1.54) is 18.2 Å². The fourth-order valence-corrected chi connectivity index (χ4v) is 2.85. The summed E-state index contributed by atoms with van der Waals surface area (Å²) in [6.45, 7) is -0.110. The maximum absolute atomic E-state index is 12.2. The molecule has 1 heterocycles. The molecular weight excluding hydrogens is 360 g/mol. The summed E-state index contributed by atoms with van der Waals surface area (Å²) in [6, 6.07) is 10.4. The molecule has 0 saturated heterocycles. The van der Waals surface area contributed by atoms with Gasteiger partial charge in [0.2, 0.25) is 5.91 Å². The van der Waals surface area contributed by atoms with Crippen LogP contribution in [0.5, 0.6) is 0 Å². The number of carboxylic acid groups (broad SMARTS) is 1. The molecule has 3 amide bonds. The van der Waals surface area contributed by atoms with Crippen LogP contribution in [0.2, 0.25) is 5.02 Å². The number of carbonyl (C=O) groups is 4. The number of hydrogen-bond acceptors (Lipinski definition) is 4. The van der Waals surface area contributed by atoms with E-state index in [1.807, 2.05) is 0 Å². The summed E-state index contributed by atoms with van der Waals surface area (Å²) in [5.41, 5.74) is 0.558. The first-order valence-corrected chi connectivity index (χ1v) is 8.04. The number of anilines is 1. The molecule has 2 N–H and O–H groups in total. The van der Waals surface area contributed by atoms with Gasteiger partial charge < -0.3 is 10.4 Å². The Labute approximate surface area is 153 Å². The van der Waals surface area contributed by atoms with E-state index < -0.39 is 23.7 Å². The quantitative estimate of drug-likeness (QED) is 0.785. The fourth-order valence-electron chi connectivity index (χ4n) is 2.67. The third-order valence-electron chi connectivity index (χ3n) is 3.93. The zero-order valence-corrected chi connectivity index (χ0v) is 14.1. The summed E-state index contributed by atoms with van der Waals surface area (Å²) < 4.78 is 0. The van der Waals surface area contributed by atoms with Crippen LogP contribution >= 0.6 is 11.6 Å². The Morgan fingerprint density at radius 1 is 1.04 bits per heavy atom. The molecular formula is C18H13ClN2O5. The Balaban J connectivity index is 1.68. The topological polar surface area (TPSA) is 104 Å². The lowest BCUT2D eigenvalue weighted by Crippen LogP contribution is -2.33. The number of carbonyl (C=O) groups excluding carboxylic acids is 3. The Morgan fingerprint density at radius 3 is 2.23 bits per heavy atom. The minimum Gasteiger partial charge on any atom is -0.478 e. The minimum atomic E-state index is -1.21. The van der Waals surface area contributed by atoms with Crippen LogP contribution in [-0.4, -0.2) is 40.2 Å². The first-order chi connectivity index (χ1) is 12.4. The predicted molar refractivity (Wildman–Crippen MR) is 93.5 cm³/mol. The lowest BCUT2D eigenvalue weighted by Gasteiger charge is -2.14. The van der Waals surface area contributed by atoms with Crippen molar-refractivity contribution in [3.63, 3.8) is 0 Å². The van der Waals surface area contributed by atoms with E-state index in [0.29, 0.717) is 11.1 Å². The number of hydrogen-bond donors (Lipinski definition) is 2. The predicted octanol–water partition coefficient (Wildman–Crippen LogP) is 2.66. The number of imide groups is 1. The summed E-state index contributed by atoms with van der Waals surface area (Å²) in [7, 11) is 0. The first-order valence-electron chi connectivity index (χ1n) is 7.66. The number of nitrogens with zero attached hydrogens (tertiary/aromatic N) is 1. The highest BCUT2D eigenvalue weighted by molar-refractivity contribution is 6.31. The van der Waals surface area contributed by atoms with E-state index in [0.717, 1.165) is 4.90 Å². The average Bonchev–Trinajstić information content (AvgIpc) is 2.84. The molecule has 0 unspecified atom stereocenters. The van der Waals surface area contributed by atoms with E-state index in [2.05, 4.69) is 5.32 Å². The lowest BCUT2D eigenvalue weighted by atomic mass is 10.1. The molecule has 2 aromatic rings. The van der Waals surface area contributed by atoms with Crippen molar-refractivity contribution < 1.29 is 24.3 Å². The van der Waals surface area contributed by atoms with Gasteiger partial charge in [0.25, 0.3) is 11.8 Å². The smallest absolute Gasteiger partial charge is 0.337 e. The fraction of sp³-hybridized carbons (Fsp3) is 0.111. The summed E-state index contributed by atoms with van der Waals surface area (Å²) in [5, 5.41) is 11.9. The Hall–Kier alpha value is -3.19. The molecule has 3 rings (SSSR count). The second-order valence-corrected chi connectivity index (χ2v) is 6.04. The molecule has 0 radical (unpaired) electrons. The Bertz CT molecular complexity index is 906. The maximum Gasteiger partial charge on any atom is 0.337 e. The Kier molecular flexibility index (Phi) is 4.73. The van der Waals surface area contributed by atoms with Gasteiger partial charge in [-0.1, -0.05) is 23.7 Å². The van der Waals surface area contributed by atoms with Crippen LogP contribution in [0.1, 0.15) is 37.5 Å². The number of nitrogens with one attached hydrogen (secondary N) is 1. The molecule has 1 aliphatic rings. The van der Waals surface area contributed by atoms with Crippen molar-refractivity contribution in [3.05, 3.63) is 64.2 Å². The highest BCUT2D eigenvalue weighted by Crippen LogP contribution is 2.23. The summed E-state index contributed by atoms with van der Waals surface area (Å²) in [5.74, 6) is -2.65. The zero-order valence-electron chi connectivity index (χ0n) is 13.4. The van der Waals surface area contributed by atoms with Gasteiger partial charge in [-0.25, -0.2) is 4.79 Å². The maximum atomic E-state index is 12.2. The van der Waals surface area contributed by atoms with Gasteiger partial charge in [0.05, 0.1) is 22.4 Å². The standard InChI is InChI=1S/C18H13ClN2O5/c19-10-5-6-13(18(25)26)14(9-10)20-15(22)7-8-21-16(23)11-3-1-2-4-12(11)17(21)24/h1-6,9H,7-8H2,(H,20,22)(H,25,26). The number of aromatic carboxylic acids is 1. The van der Waals surface area contributed by atoms with Gasteiger partial charge >= 0.3 is 5.97 Å². The number of amides is 3. The number of fused-ring (bicyclic) bond motifs is 1. The molecule has 2 aromatic carbocycles. The molecule has 0 aliphatic carbocycles. The van der Waals surface area contributed by atoms with Gasteiger partial charge in [0.15, 0.2) is 0 Å². The normalized spacial score (nSPS) is 12.9. The average molecular weight is 373 g/mol. The van der Waals surface area contributed by atoms with Crippen molar-refractivity contribution in [2.75, 3.05) is 11.9 Å². The van der Waals surface area contributed by atoms with Crippen molar-refractivity contribution >= 4 is 41.0 Å². The lowest BCUT2D eigenvalue weighted by molar-refractivity contribution is -0.116. The number of rotatable bonds is 5. The third kappa shape index (κ3) is 3.29. The molecule has 132 valence electrons. The molecule has 0 fully saturated rings. The first kappa shape index (κ1) is 17.6. The van der Waals surface area contributed by atoms with Gasteiger partial charge in [0.1, 0.15) is 0 Å². The van der Waals surface area contributed by atoms with E-state index in [1.54, 1.807) is 24.3 Å². The highest BCUT2D eigenvalue weighted by Gasteiger charge is 2.35. The summed E-state index contributed by atoms with van der Waals surface area (Å²) in [6.07, 6.45) is -0.170. The second-order valence-electron chi connectivity index (χ2n) is 5.60. The SMILES string of the molecule is O=C(CCN1C(=O)c2ccccc2C1=O)Nc1cc(Cl)ccc1C(=O)O. The minimum absolute atomic E-state index is 0.0531. The van der Waals surface area contributed by atoms with Gasteiger partial charge in [-0.15, -0.1) is 0 Å². The van der Waals surface area contributed by atoms with E-state index in [9.17, 15) is 19.2 Å². The van der Waals surface area contributed by atoms with Crippen molar-refractivity contribution in [2.24, 2.45) is 0 Å². The van der Waals surface area contributed by atoms with E-state index >= 15 is 0 Å². The molecule has 0 spiro atoms. The van der Waals surface area contributed by atoms with Crippen LogP contribution in [-0.2, 0) is 4.79 Å². The number of carboxylic acids is 1. The van der Waals surface area contributed by atoms with Crippen LogP contribution in [0, 0.1) is 0 Å². The van der Waals surface area contributed by atoms with Crippen molar-refractivity contribution in [1.82, 2.24) is 4.90 Å². The second kappa shape index (κ2) is 6.97. The van der Waals surface area contributed by atoms with Crippen molar-refractivity contribution in [1.29, 1.82) is 0 Å².